The SMILES string of the molecule is CCOc1ccccc1CNC(=O)Cn1cnc2nc3c(cc2c1=O)C[C@H](C)CC3. The van der Waals surface area contributed by atoms with Crippen molar-refractivity contribution < 1.29 is 9.53 Å². The van der Waals surface area contributed by atoms with Crippen LogP contribution in [-0.2, 0) is 30.7 Å². The van der Waals surface area contributed by atoms with Crippen molar-refractivity contribution in [1.82, 2.24) is 19.9 Å². The molecule has 4 rings (SSSR count). The second-order valence-electron chi connectivity index (χ2n) is 7.81. The van der Waals surface area contributed by atoms with Crippen molar-refractivity contribution in [1.29, 1.82) is 0 Å². The number of para-hydroxylation sites is 1. The summed E-state index contributed by atoms with van der Waals surface area (Å²) in [4.78, 5) is 34.3. The van der Waals surface area contributed by atoms with E-state index in [9.17, 15) is 9.59 Å². The molecule has 1 aromatic carbocycles. The van der Waals surface area contributed by atoms with E-state index in [0.29, 0.717) is 30.1 Å². The highest BCUT2D eigenvalue weighted by Gasteiger charge is 2.19. The van der Waals surface area contributed by atoms with Crippen molar-refractivity contribution in [3.05, 3.63) is 63.8 Å². The van der Waals surface area contributed by atoms with Gasteiger partial charge in [0.25, 0.3) is 5.56 Å². The van der Waals surface area contributed by atoms with Crippen LogP contribution >= 0.6 is 0 Å². The summed E-state index contributed by atoms with van der Waals surface area (Å²) in [6, 6.07) is 9.48. The average molecular weight is 406 g/mol. The summed E-state index contributed by atoms with van der Waals surface area (Å²) < 4.78 is 6.92. The maximum Gasteiger partial charge on any atom is 0.263 e. The van der Waals surface area contributed by atoms with E-state index in [4.69, 9.17) is 4.74 Å². The number of carbonyl (C=O) groups excluding carboxylic acids is 1. The first kappa shape index (κ1) is 20.1. The number of benzene rings is 1. The molecule has 1 atom stereocenters. The van der Waals surface area contributed by atoms with Gasteiger partial charge in [-0.25, -0.2) is 9.97 Å². The number of amides is 1. The molecular weight excluding hydrogens is 380 g/mol. The molecule has 0 aliphatic heterocycles. The first-order valence-electron chi connectivity index (χ1n) is 10.4. The van der Waals surface area contributed by atoms with Crippen LogP contribution in [-0.4, -0.2) is 27.0 Å². The molecule has 0 radical (unpaired) electrons. The normalized spacial score (nSPS) is 15.6. The summed E-state index contributed by atoms with van der Waals surface area (Å²) >= 11 is 0. The second-order valence-corrected chi connectivity index (χ2v) is 7.81. The fourth-order valence-electron chi connectivity index (χ4n) is 3.89. The average Bonchev–Trinajstić information content (AvgIpc) is 2.74. The Kier molecular flexibility index (Phi) is 5.79. The van der Waals surface area contributed by atoms with Gasteiger partial charge in [0.1, 0.15) is 18.6 Å². The van der Waals surface area contributed by atoms with Crippen LogP contribution in [0.5, 0.6) is 5.75 Å². The predicted octanol–water partition coefficient (Wildman–Crippen LogP) is 2.63. The number of hydrogen-bond acceptors (Lipinski definition) is 5. The molecule has 0 unspecified atom stereocenters. The zero-order chi connectivity index (χ0) is 21.1. The van der Waals surface area contributed by atoms with Crippen LogP contribution in [0.1, 0.15) is 37.1 Å². The molecule has 7 nitrogen and oxygen atoms in total. The van der Waals surface area contributed by atoms with Crippen molar-refractivity contribution in [3.8, 4) is 5.75 Å². The third-order valence-electron chi connectivity index (χ3n) is 5.49. The van der Waals surface area contributed by atoms with Gasteiger partial charge in [0.2, 0.25) is 5.91 Å². The quantitative estimate of drug-likeness (QED) is 0.680. The third-order valence-corrected chi connectivity index (χ3v) is 5.49. The summed E-state index contributed by atoms with van der Waals surface area (Å²) in [5, 5.41) is 3.33. The lowest BCUT2D eigenvalue weighted by atomic mass is 9.87. The highest BCUT2D eigenvalue weighted by molar-refractivity contribution is 5.77. The molecular formula is C23H26N4O3. The van der Waals surface area contributed by atoms with Crippen LogP contribution < -0.4 is 15.6 Å². The first-order chi connectivity index (χ1) is 14.5. The molecule has 1 amide bonds. The Morgan fingerprint density at radius 3 is 3.00 bits per heavy atom. The molecule has 0 fully saturated rings. The second kappa shape index (κ2) is 8.65. The van der Waals surface area contributed by atoms with Crippen molar-refractivity contribution in [2.45, 2.75) is 46.2 Å². The molecule has 0 saturated carbocycles. The van der Waals surface area contributed by atoms with Crippen molar-refractivity contribution in [2.75, 3.05) is 6.61 Å². The Bertz CT molecular complexity index is 1140. The van der Waals surface area contributed by atoms with Crippen LogP contribution in [0.3, 0.4) is 0 Å². The molecule has 30 heavy (non-hydrogen) atoms. The molecule has 2 heterocycles. The van der Waals surface area contributed by atoms with Gasteiger partial charge in [-0.3, -0.25) is 14.2 Å². The Morgan fingerprint density at radius 1 is 1.33 bits per heavy atom. The van der Waals surface area contributed by atoms with E-state index in [2.05, 4.69) is 22.2 Å². The molecule has 1 aliphatic rings. The third kappa shape index (κ3) is 4.20. The van der Waals surface area contributed by atoms with Gasteiger partial charge in [0.15, 0.2) is 5.65 Å². The first-order valence-corrected chi connectivity index (χ1v) is 10.4. The number of fused-ring (bicyclic) bond motifs is 2. The van der Waals surface area contributed by atoms with Crippen LogP contribution in [0.2, 0.25) is 0 Å². The standard InChI is InChI=1S/C23H26N4O3/c1-3-30-20-7-5-4-6-16(20)12-24-21(28)13-27-14-25-22-18(23(27)29)11-17-10-15(2)8-9-19(17)26-22/h4-7,11,14-15H,3,8-10,12-13H2,1-2H3,(H,24,28)/t15-/m1/s1. The predicted molar refractivity (Wildman–Crippen MR) is 114 cm³/mol. The Balaban J connectivity index is 1.50. The molecule has 2 aromatic heterocycles. The summed E-state index contributed by atoms with van der Waals surface area (Å²) in [6.07, 6.45) is 4.35. The zero-order valence-corrected chi connectivity index (χ0v) is 17.4. The fourth-order valence-corrected chi connectivity index (χ4v) is 3.89. The molecule has 1 N–H and O–H groups in total. The maximum atomic E-state index is 12.9. The largest absolute Gasteiger partial charge is 0.494 e. The topological polar surface area (TPSA) is 86.1 Å². The number of nitrogens with zero attached hydrogens (tertiary/aromatic N) is 3. The van der Waals surface area contributed by atoms with Crippen molar-refractivity contribution >= 4 is 16.9 Å². The lowest BCUT2D eigenvalue weighted by Crippen LogP contribution is -2.32. The van der Waals surface area contributed by atoms with E-state index in [1.165, 1.54) is 10.9 Å². The van der Waals surface area contributed by atoms with E-state index in [1.807, 2.05) is 37.3 Å². The van der Waals surface area contributed by atoms with E-state index in [-0.39, 0.29) is 18.0 Å². The van der Waals surface area contributed by atoms with Gasteiger partial charge in [-0.2, -0.15) is 0 Å². The Hall–Kier alpha value is -3.22. The number of carbonyl (C=O) groups is 1. The number of ether oxygens (including phenoxy) is 1. The lowest BCUT2D eigenvalue weighted by Gasteiger charge is -2.20. The summed E-state index contributed by atoms with van der Waals surface area (Å²) in [5.41, 5.74) is 3.27. The molecule has 7 heteroatoms. The zero-order valence-electron chi connectivity index (χ0n) is 17.4. The van der Waals surface area contributed by atoms with Crippen molar-refractivity contribution in [3.63, 3.8) is 0 Å². The number of pyridine rings is 1. The number of aryl methyl sites for hydroxylation is 1. The van der Waals surface area contributed by atoms with Gasteiger partial charge < -0.3 is 10.1 Å². The van der Waals surface area contributed by atoms with Gasteiger partial charge in [-0.15, -0.1) is 0 Å². The molecule has 0 bridgehead atoms. The van der Waals surface area contributed by atoms with Gasteiger partial charge >= 0.3 is 0 Å². The highest BCUT2D eigenvalue weighted by Crippen LogP contribution is 2.25. The summed E-state index contributed by atoms with van der Waals surface area (Å²) in [7, 11) is 0. The number of rotatable bonds is 6. The monoisotopic (exact) mass is 406 g/mol. The minimum atomic E-state index is -0.260. The van der Waals surface area contributed by atoms with Gasteiger partial charge in [-0.1, -0.05) is 25.1 Å². The van der Waals surface area contributed by atoms with Gasteiger partial charge in [0.05, 0.1) is 12.0 Å². The van der Waals surface area contributed by atoms with E-state index in [1.54, 1.807) is 0 Å². The molecule has 0 saturated heterocycles. The smallest absolute Gasteiger partial charge is 0.263 e. The van der Waals surface area contributed by atoms with Gasteiger partial charge in [0, 0.05) is 17.8 Å². The van der Waals surface area contributed by atoms with Crippen LogP contribution in [0.25, 0.3) is 11.0 Å². The summed E-state index contributed by atoms with van der Waals surface area (Å²) in [5.74, 6) is 1.07. The highest BCUT2D eigenvalue weighted by atomic mass is 16.5. The molecule has 156 valence electrons. The number of aromatic nitrogens is 3. The fraction of sp³-hybridized carbons (Fsp3) is 0.391. The minimum Gasteiger partial charge on any atom is -0.494 e. The maximum absolute atomic E-state index is 12.9. The molecule has 0 spiro atoms. The molecule has 1 aliphatic carbocycles. The van der Waals surface area contributed by atoms with Crippen LogP contribution in [0.4, 0.5) is 0 Å². The van der Waals surface area contributed by atoms with Gasteiger partial charge in [-0.05, 0) is 49.8 Å². The lowest BCUT2D eigenvalue weighted by molar-refractivity contribution is -0.121. The van der Waals surface area contributed by atoms with Crippen LogP contribution in [0.15, 0.2) is 41.5 Å². The Labute approximate surface area is 175 Å². The van der Waals surface area contributed by atoms with E-state index < -0.39 is 0 Å². The Morgan fingerprint density at radius 2 is 2.17 bits per heavy atom. The number of hydrogen-bond donors (Lipinski definition) is 1. The van der Waals surface area contributed by atoms with Crippen molar-refractivity contribution in [2.24, 2.45) is 5.92 Å². The number of nitrogens with one attached hydrogen (secondary N) is 1. The van der Waals surface area contributed by atoms with E-state index >= 15 is 0 Å². The minimum absolute atomic E-state index is 0.0912. The summed E-state index contributed by atoms with van der Waals surface area (Å²) in [6.45, 7) is 4.92. The van der Waals surface area contributed by atoms with E-state index in [0.717, 1.165) is 41.8 Å². The van der Waals surface area contributed by atoms with Crippen LogP contribution in [0, 0.1) is 5.92 Å². The molecule has 3 aromatic rings.